The number of allylic oxidation sites excluding steroid dienone is 2. The van der Waals surface area contributed by atoms with Crippen molar-refractivity contribution in [2.24, 2.45) is 11.8 Å². The number of unbranched alkanes of at least 4 members (excludes halogenated alkanes) is 1. The number of ether oxygens (including phenoxy) is 2. The van der Waals surface area contributed by atoms with Crippen LogP contribution in [0.1, 0.15) is 36.0 Å². The zero-order valence-electron chi connectivity index (χ0n) is 15.6. The maximum Gasteiger partial charge on any atom is 0.303 e. The van der Waals surface area contributed by atoms with Crippen LogP contribution in [0.15, 0.2) is 42.5 Å². The lowest BCUT2D eigenvalue weighted by Gasteiger charge is -2.25. The molecule has 0 spiro atoms. The van der Waals surface area contributed by atoms with Crippen molar-refractivity contribution < 1.29 is 24.2 Å². The zero-order valence-corrected chi connectivity index (χ0v) is 15.6. The maximum absolute atomic E-state index is 12.2. The molecule has 4 rings (SSSR count). The number of nitrogens with one attached hydrogen (secondary N) is 2. The van der Waals surface area contributed by atoms with Crippen LogP contribution < -0.4 is 10.9 Å². The van der Waals surface area contributed by atoms with E-state index in [-0.39, 0.29) is 42.7 Å². The second-order valence-corrected chi connectivity index (χ2v) is 7.65. The van der Waals surface area contributed by atoms with Gasteiger partial charge in [0.25, 0.3) is 5.91 Å². The summed E-state index contributed by atoms with van der Waals surface area (Å²) in [6.45, 7) is 0.629. The molecule has 0 aromatic heterocycles. The predicted octanol–water partition coefficient (Wildman–Crippen LogP) is 1.90. The minimum Gasteiger partial charge on any atom is -0.481 e. The van der Waals surface area contributed by atoms with Crippen LogP contribution in [0.3, 0.4) is 0 Å². The average molecular weight is 386 g/mol. The van der Waals surface area contributed by atoms with Gasteiger partial charge in [0.15, 0.2) is 0 Å². The average Bonchev–Trinajstić information content (AvgIpc) is 3.32. The van der Waals surface area contributed by atoms with Crippen molar-refractivity contribution in [3.63, 3.8) is 0 Å². The molecule has 0 radical (unpaired) electrons. The quantitative estimate of drug-likeness (QED) is 0.246. The molecular formula is C21H26N2O5. The smallest absolute Gasteiger partial charge is 0.303 e. The molecule has 7 nitrogen and oxygen atoms in total. The van der Waals surface area contributed by atoms with Gasteiger partial charge in [-0.05, 0) is 37.3 Å². The van der Waals surface area contributed by atoms with Gasteiger partial charge in [-0.1, -0.05) is 30.4 Å². The molecule has 1 amide bonds. The van der Waals surface area contributed by atoms with Crippen LogP contribution in [0.4, 0.5) is 0 Å². The number of hydrazine groups is 1. The molecule has 6 atom stereocenters. The standard InChI is InChI=1S/C21H26N2O5/c24-16(25)11-7-2-1-6-10-14-15(18-20-19(28-20)17(14)27-18)12-22-23-21(26)13-8-4-3-5-9-13/h1,3-6,8-9,14-15,17-20,22H,2,7,10-12H2,(H,23,26)(H,24,25)/b6-1-/t14-,15+,17+,18-,19-,20+/m0/s1. The largest absolute Gasteiger partial charge is 0.481 e. The molecular weight excluding hydrogens is 360 g/mol. The molecule has 3 aliphatic rings. The van der Waals surface area contributed by atoms with Gasteiger partial charge in [0.2, 0.25) is 0 Å². The lowest BCUT2D eigenvalue weighted by Crippen LogP contribution is -2.45. The molecule has 1 aromatic carbocycles. The molecule has 1 aromatic rings. The summed E-state index contributed by atoms with van der Waals surface area (Å²) in [4.78, 5) is 22.7. The van der Waals surface area contributed by atoms with Crippen LogP contribution in [-0.2, 0) is 14.3 Å². The first-order valence-electron chi connectivity index (χ1n) is 9.91. The van der Waals surface area contributed by atoms with Crippen molar-refractivity contribution in [1.82, 2.24) is 10.9 Å². The highest BCUT2D eigenvalue weighted by molar-refractivity contribution is 5.93. The molecule has 3 N–H and O–H groups in total. The monoisotopic (exact) mass is 386 g/mol. The number of aliphatic carboxylic acids is 1. The highest BCUT2D eigenvalue weighted by atomic mass is 16.7. The number of rotatable bonds is 10. The first kappa shape index (κ1) is 19.1. The Hall–Kier alpha value is -2.22. The van der Waals surface area contributed by atoms with E-state index in [1.807, 2.05) is 18.2 Å². The number of carboxylic acid groups (broad SMARTS) is 1. The lowest BCUT2D eigenvalue weighted by atomic mass is 9.77. The van der Waals surface area contributed by atoms with E-state index >= 15 is 0 Å². The molecule has 0 aliphatic carbocycles. The topological polar surface area (TPSA) is 100 Å². The number of hydrogen-bond acceptors (Lipinski definition) is 5. The Balaban J connectivity index is 1.26. The van der Waals surface area contributed by atoms with Crippen molar-refractivity contribution in [3.05, 3.63) is 48.0 Å². The number of carbonyl (C=O) groups is 2. The summed E-state index contributed by atoms with van der Waals surface area (Å²) in [7, 11) is 0. The highest BCUT2D eigenvalue weighted by Gasteiger charge is 2.68. The summed E-state index contributed by atoms with van der Waals surface area (Å²) < 4.78 is 11.9. The van der Waals surface area contributed by atoms with E-state index in [4.69, 9.17) is 14.6 Å². The Morgan fingerprint density at radius 3 is 2.46 bits per heavy atom. The molecule has 3 fully saturated rings. The first-order chi connectivity index (χ1) is 13.6. The Kier molecular flexibility index (Phi) is 5.75. The SMILES string of the molecule is O=C(O)CCC/C=C\C[C@H]1[C@@H](CNNC(=O)c2ccccc2)[C@@H]2O[C@H]1[C@@H]1O[C@@H]12. The summed E-state index contributed by atoms with van der Waals surface area (Å²) in [6.07, 6.45) is 7.33. The van der Waals surface area contributed by atoms with E-state index in [0.717, 1.165) is 12.8 Å². The second kappa shape index (κ2) is 8.43. The van der Waals surface area contributed by atoms with E-state index in [1.165, 1.54) is 0 Å². The van der Waals surface area contributed by atoms with Gasteiger partial charge in [0.05, 0.1) is 12.2 Å². The number of carbonyl (C=O) groups excluding carboxylic acids is 1. The Labute approximate surface area is 164 Å². The van der Waals surface area contributed by atoms with E-state index < -0.39 is 5.97 Å². The van der Waals surface area contributed by atoms with Gasteiger partial charge >= 0.3 is 5.97 Å². The third-order valence-corrected chi connectivity index (χ3v) is 5.83. The van der Waals surface area contributed by atoms with Gasteiger partial charge in [-0.15, -0.1) is 0 Å². The normalized spacial score (nSPS) is 32.4. The van der Waals surface area contributed by atoms with Crippen molar-refractivity contribution in [1.29, 1.82) is 0 Å². The summed E-state index contributed by atoms with van der Waals surface area (Å²) in [5.74, 6) is -0.297. The second-order valence-electron chi connectivity index (χ2n) is 7.65. The van der Waals surface area contributed by atoms with Gasteiger partial charge in [-0.2, -0.15) is 0 Å². The molecule has 0 saturated carbocycles. The number of carboxylic acids is 1. The maximum atomic E-state index is 12.2. The number of benzene rings is 1. The predicted molar refractivity (Wildman–Crippen MR) is 101 cm³/mol. The molecule has 3 saturated heterocycles. The molecule has 2 bridgehead atoms. The van der Waals surface area contributed by atoms with Gasteiger partial charge in [-0.25, -0.2) is 5.43 Å². The van der Waals surface area contributed by atoms with E-state index in [2.05, 4.69) is 23.0 Å². The fourth-order valence-corrected chi connectivity index (χ4v) is 4.41. The number of fused-ring (bicyclic) bond motifs is 5. The van der Waals surface area contributed by atoms with E-state index in [9.17, 15) is 9.59 Å². The Bertz CT molecular complexity index is 738. The number of amides is 1. The highest BCUT2D eigenvalue weighted by Crippen LogP contribution is 2.54. The molecule has 3 aliphatic heterocycles. The number of epoxide rings is 1. The van der Waals surface area contributed by atoms with Crippen molar-refractivity contribution in [3.8, 4) is 0 Å². The number of hydrogen-bond donors (Lipinski definition) is 3. The minimum atomic E-state index is -0.754. The summed E-state index contributed by atoms with van der Waals surface area (Å²) in [5, 5.41) is 8.69. The summed E-state index contributed by atoms with van der Waals surface area (Å²) >= 11 is 0. The van der Waals surface area contributed by atoms with Gasteiger partial charge in [0, 0.05) is 24.4 Å². The third-order valence-electron chi connectivity index (χ3n) is 5.83. The Morgan fingerprint density at radius 1 is 1.00 bits per heavy atom. The summed E-state index contributed by atoms with van der Waals surface area (Å²) in [5.41, 5.74) is 6.46. The van der Waals surface area contributed by atoms with Crippen LogP contribution >= 0.6 is 0 Å². The molecule has 150 valence electrons. The van der Waals surface area contributed by atoms with Crippen LogP contribution in [0.5, 0.6) is 0 Å². The minimum absolute atomic E-state index is 0.0848. The van der Waals surface area contributed by atoms with Crippen LogP contribution in [0, 0.1) is 11.8 Å². The zero-order chi connectivity index (χ0) is 19.5. The Morgan fingerprint density at radius 2 is 1.71 bits per heavy atom. The van der Waals surface area contributed by atoms with Crippen molar-refractivity contribution in [2.45, 2.75) is 50.1 Å². The molecule has 28 heavy (non-hydrogen) atoms. The van der Waals surface area contributed by atoms with Crippen LogP contribution in [0.25, 0.3) is 0 Å². The first-order valence-corrected chi connectivity index (χ1v) is 9.91. The molecule has 7 heteroatoms. The fraction of sp³-hybridized carbons (Fsp3) is 0.524. The summed E-state index contributed by atoms with van der Waals surface area (Å²) in [6, 6.07) is 9.10. The van der Waals surface area contributed by atoms with Gasteiger partial charge < -0.3 is 14.6 Å². The lowest BCUT2D eigenvalue weighted by molar-refractivity contribution is -0.137. The van der Waals surface area contributed by atoms with Crippen LogP contribution in [-0.4, -0.2) is 47.9 Å². The molecule has 3 heterocycles. The van der Waals surface area contributed by atoms with Crippen LogP contribution in [0.2, 0.25) is 0 Å². The van der Waals surface area contributed by atoms with E-state index in [1.54, 1.807) is 12.1 Å². The molecule has 0 unspecified atom stereocenters. The van der Waals surface area contributed by atoms with E-state index in [0.29, 0.717) is 24.4 Å². The third kappa shape index (κ3) is 4.11. The van der Waals surface area contributed by atoms with Gasteiger partial charge in [0.1, 0.15) is 12.2 Å². The van der Waals surface area contributed by atoms with Crippen molar-refractivity contribution >= 4 is 11.9 Å². The van der Waals surface area contributed by atoms with Crippen molar-refractivity contribution in [2.75, 3.05) is 6.54 Å². The van der Waals surface area contributed by atoms with Gasteiger partial charge in [-0.3, -0.25) is 15.0 Å². The fourth-order valence-electron chi connectivity index (χ4n) is 4.41.